The van der Waals surface area contributed by atoms with E-state index in [4.69, 9.17) is 30.9 Å². The van der Waals surface area contributed by atoms with Crippen LogP contribution in [0.1, 0.15) is 65.9 Å². The molecule has 3 aliphatic rings. The molecule has 4 bridgehead atoms. The van der Waals surface area contributed by atoms with Gasteiger partial charge in [-0.3, -0.25) is 4.79 Å². The number of rotatable bonds is 1. The van der Waals surface area contributed by atoms with Crippen LogP contribution >= 0.6 is 11.6 Å². The number of carbonyl (C=O) groups excluding carboxylic acids is 2. The Bertz CT molecular complexity index is 1060. The van der Waals surface area contributed by atoms with Crippen LogP contribution in [0.2, 0.25) is 5.02 Å². The lowest BCUT2D eigenvalue weighted by molar-refractivity contribution is -0.118. The highest BCUT2D eigenvalue weighted by molar-refractivity contribution is 6.35. The summed E-state index contributed by atoms with van der Waals surface area (Å²) in [5.41, 5.74) is 2.37. The average Bonchev–Trinajstić information content (AvgIpc) is 3.62. The van der Waals surface area contributed by atoms with Gasteiger partial charge in [0.15, 0.2) is 0 Å². The largest absolute Gasteiger partial charge is 0.495 e. The predicted molar refractivity (Wildman–Crippen MR) is 156 cm³/mol. The van der Waals surface area contributed by atoms with Gasteiger partial charge < -0.3 is 29.5 Å². The van der Waals surface area contributed by atoms with Crippen molar-refractivity contribution in [2.75, 3.05) is 26.2 Å². The lowest BCUT2D eigenvalue weighted by Gasteiger charge is -2.33. The molecule has 39 heavy (non-hydrogen) atoms. The lowest BCUT2D eigenvalue weighted by Crippen LogP contribution is -2.48. The number of carbonyl (C=O) groups is 2. The van der Waals surface area contributed by atoms with E-state index in [2.05, 4.69) is 31.3 Å². The molecule has 1 aromatic rings. The number of halogens is 1. The summed E-state index contributed by atoms with van der Waals surface area (Å²) in [6.07, 6.45) is 8.53. The number of allylic oxidation sites excluding steroid dienone is 3. The minimum atomic E-state index is -0.421. The van der Waals surface area contributed by atoms with E-state index in [1.54, 1.807) is 19.1 Å². The summed E-state index contributed by atoms with van der Waals surface area (Å²) in [4.78, 5) is 27.0. The van der Waals surface area contributed by atoms with Crippen LogP contribution in [0, 0.1) is 5.92 Å². The maximum absolute atomic E-state index is 13.2. The quantitative estimate of drug-likeness (QED) is 0.416. The van der Waals surface area contributed by atoms with E-state index in [0.717, 1.165) is 31.1 Å². The summed E-state index contributed by atoms with van der Waals surface area (Å²) in [6, 6.07) is 3.88. The molecule has 2 N–H and O–H groups in total. The Morgan fingerprint density at radius 3 is 2.59 bits per heavy atom. The number of nitrogens with zero attached hydrogens (tertiary/aromatic N) is 1. The van der Waals surface area contributed by atoms with E-state index >= 15 is 0 Å². The van der Waals surface area contributed by atoms with Crippen LogP contribution in [0.4, 0.5) is 10.5 Å². The van der Waals surface area contributed by atoms with Crippen LogP contribution in [0.25, 0.3) is 0 Å². The second-order valence-corrected chi connectivity index (χ2v) is 10.5. The Hall–Kier alpha value is -2.55. The molecular weight excluding hydrogens is 520 g/mol. The van der Waals surface area contributed by atoms with E-state index < -0.39 is 5.60 Å². The van der Waals surface area contributed by atoms with Gasteiger partial charge in [-0.25, -0.2) is 4.79 Å². The van der Waals surface area contributed by atoms with Crippen LogP contribution in [0.5, 0.6) is 5.75 Å². The SMILES string of the molecule is CC.CO.COc1cc2cc(c1Cl)N(C)C(=O)CCC1(C)OC1[C@H](C)C1CC(C/C=C/C=C(\C)C2)NC(=O)O1. The molecule has 0 saturated carbocycles. The molecule has 0 aliphatic carbocycles. The Kier molecular flexibility index (Phi) is 12.3. The van der Waals surface area contributed by atoms with Crippen molar-refractivity contribution in [3.05, 3.63) is 46.5 Å². The third kappa shape index (κ3) is 8.22. The zero-order chi connectivity index (χ0) is 29.3. The number of methoxy groups -OCH3 is 1. The smallest absolute Gasteiger partial charge is 0.407 e. The Morgan fingerprint density at radius 2 is 1.92 bits per heavy atom. The summed E-state index contributed by atoms with van der Waals surface area (Å²) in [6.45, 7) is 10.1. The lowest BCUT2D eigenvalue weighted by atomic mass is 9.86. The summed E-state index contributed by atoms with van der Waals surface area (Å²) < 4.78 is 17.2. The molecule has 8 nitrogen and oxygen atoms in total. The number of amides is 2. The van der Waals surface area contributed by atoms with Crippen molar-refractivity contribution in [3.8, 4) is 5.75 Å². The highest BCUT2D eigenvalue weighted by Gasteiger charge is 2.57. The van der Waals surface area contributed by atoms with Crippen molar-refractivity contribution >= 4 is 29.3 Å². The first kappa shape index (κ1) is 32.7. The number of nitrogens with one attached hydrogen (secondary N) is 1. The number of aliphatic hydroxyl groups is 1. The second-order valence-electron chi connectivity index (χ2n) is 10.2. The summed E-state index contributed by atoms with van der Waals surface area (Å²) in [7, 11) is 4.32. The average molecular weight is 565 g/mol. The highest BCUT2D eigenvalue weighted by Crippen LogP contribution is 2.47. The van der Waals surface area contributed by atoms with Crippen molar-refractivity contribution in [2.45, 2.75) is 90.6 Å². The fraction of sp³-hybridized carbons (Fsp3) is 0.600. The number of hydrogen-bond donors (Lipinski definition) is 2. The summed E-state index contributed by atoms with van der Waals surface area (Å²) in [5.74, 6) is 0.531. The molecule has 0 radical (unpaired) electrons. The number of benzene rings is 1. The summed E-state index contributed by atoms with van der Waals surface area (Å²) in [5, 5.41) is 10.3. The highest BCUT2D eigenvalue weighted by atomic mass is 35.5. The number of hydrogen-bond acceptors (Lipinski definition) is 6. The zero-order valence-corrected chi connectivity index (χ0v) is 25.3. The molecule has 4 unspecified atom stereocenters. The Morgan fingerprint density at radius 1 is 1.23 bits per heavy atom. The summed E-state index contributed by atoms with van der Waals surface area (Å²) >= 11 is 6.60. The fourth-order valence-corrected chi connectivity index (χ4v) is 5.48. The van der Waals surface area contributed by atoms with Gasteiger partial charge in [0.05, 0.1) is 24.5 Å². The first-order valence-electron chi connectivity index (χ1n) is 13.7. The normalized spacial score (nSPS) is 30.9. The van der Waals surface area contributed by atoms with Crippen LogP contribution in [-0.4, -0.2) is 62.2 Å². The molecule has 3 aliphatic heterocycles. The van der Waals surface area contributed by atoms with Crippen molar-refractivity contribution in [2.24, 2.45) is 5.92 Å². The molecule has 5 atom stereocenters. The van der Waals surface area contributed by atoms with Gasteiger partial charge >= 0.3 is 6.09 Å². The number of fused-ring (bicyclic) bond motifs is 5. The minimum Gasteiger partial charge on any atom is -0.495 e. The Balaban J connectivity index is 0.00000127. The van der Waals surface area contributed by atoms with Gasteiger partial charge in [-0.2, -0.15) is 0 Å². The molecule has 0 spiro atoms. The molecule has 2 fully saturated rings. The first-order valence-corrected chi connectivity index (χ1v) is 14.0. The van der Waals surface area contributed by atoms with Crippen LogP contribution in [0.3, 0.4) is 0 Å². The molecule has 218 valence electrons. The Labute approximate surface area is 238 Å². The fourth-order valence-electron chi connectivity index (χ4n) is 5.16. The molecule has 2 amide bonds. The van der Waals surface area contributed by atoms with E-state index in [9.17, 15) is 9.59 Å². The van der Waals surface area contributed by atoms with Gasteiger partial charge in [-0.15, -0.1) is 0 Å². The third-order valence-electron chi connectivity index (χ3n) is 7.39. The van der Waals surface area contributed by atoms with Gasteiger partial charge in [0, 0.05) is 39.0 Å². The number of ether oxygens (including phenoxy) is 3. The first-order chi connectivity index (χ1) is 18.6. The van der Waals surface area contributed by atoms with Crippen molar-refractivity contribution in [1.29, 1.82) is 0 Å². The van der Waals surface area contributed by atoms with E-state index in [0.29, 0.717) is 35.7 Å². The van der Waals surface area contributed by atoms with E-state index in [1.807, 2.05) is 39.0 Å². The maximum atomic E-state index is 13.2. The van der Waals surface area contributed by atoms with Gasteiger partial charge in [0.1, 0.15) is 16.9 Å². The van der Waals surface area contributed by atoms with Crippen molar-refractivity contribution < 1.29 is 28.9 Å². The second kappa shape index (κ2) is 14.7. The van der Waals surface area contributed by atoms with Gasteiger partial charge in [-0.1, -0.05) is 56.2 Å². The molecule has 0 aromatic heterocycles. The zero-order valence-electron chi connectivity index (χ0n) is 24.5. The molecule has 3 heterocycles. The number of anilines is 1. The molecule has 2 saturated heterocycles. The van der Waals surface area contributed by atoms with E-state index in [1.165, 1.54) is 0 Å². The topological polar surface area (TPSA) is 101 Å². The molecule has 4 rings (SSSR count). The number of alkyl carbamates (subject to hydrolysis) is 1. The van der Waals surface area contributed by atoms with Crippen LogP contribution in [-0.2, 0) is 20.7 Å². The van der Waals surface area contributed by atoms with Gasteiger partial charge in [-0.05, 0) is 50.8 Å². The maximum Gasteiger partial charge on any atom is 0.407 e. The van der Waals surface area contributed by atoms with Gasteiger partial charge in [0.25, 0.3) is 0 Å². The van der Waals surface area contributed by atoms with Crippen LogP contribution in [0.15, 0.2) is 35.9 Å². The van der Waals surface area contributed by atoms with Gasteiger partial charge in [0.2, 0.25) is 5.91 Å². The third-order valence-corrected chi connectivity index (χ3v) is 7.77. The standard InChI is InChI=1S/C27H35ClN2O5.C2H6.CH4O/c1-16-8-6-7-9-19-15-21(34-26(32)29-19)17(2)25-27(3,35-25)11-10-23(31)30(4)20-13-18(12-16)14-22(33-5)24(20)28;2*1-2/h6-8,13-14,17,19,21,25H,9-12,15H2,1-5H3,(H,29,32);1-2H3;2H,1H3/b7-6+,16-8+;;/t17-,19?,21?,25?,27?;;/m1../s1. The number of aliphatic hydroxyl groups excluding tert-OH is 1. The molecular formula is C30H45ClN2O6. The van der Waals surface area contributed by atoms with Crippen molar-refractivity contribution in [3.63, 3.8) is 0 Å². The van der Waals surface area contributed by atoms with Crippen LogP contribution < -0.4 is 15.0 Å². The monoisotopic (exact) mass is 564 g/mol. The predicted octanol–water partition coefficient (Wildman–Crippen LogP) is 5.84. The minimum absolute atomic E-state index is 0.0130. The molecule has 1 aromatic carbocycles. The van der Waals surface area contributed by atoms with E-state index in [-0.39, 0.29) is 36.2 Å². The van der Waals surface area contributed by atoms with Crippen molar-refractivity contribution in [1.82, 2.24) is 5.32 Å². The molecule has 9 heteroatoms. The number of epoxide rings is 1.